The highest BCUT2D eigenvalue weighted by atomic mass is 16.6. The molecule has 0 radical (unpaired) electrons. The minimum Gasteiger partial charge on any atom is -0.618 e. The molecule has 2 aromatic rings. The van der Waals surface area contributed by atoms with E-state index < -0.39 is 0 Å². The number of aromatic nitrogens is 2. The van der Waals surface area contributed by atoms with Crippen molar-refractivity contribution in [3.05, 3.63) is 64.4 Å². The van der Waals surface area contributed by atoms with Crippen LogP contribution in [0, 0.1) is 17.5 Å². The Kier molecular flexibility index (Phi) is 6.46. The Morgan fingerprint density at radius 2 is 1.97 bits per heavy atom. The molecule has 0 N–H and O–H groups in total. The Hall–Kier alpha value is -2.96. The molecule has 0 saturated carbocycles. The number of oxime groups is 2. The molecule has 3 rings (SSSR count). The highest BCUT2D eigenvalue weighted by molar-refractivity contribution is 6.00. The summed E-state index contributed by atoms with van der Waals surface area (Å²) in [4.78, 5) is 15.8. The fourth-order valence-electron chi connectivity index (χ4n) is 3.08. The molecule has 0 fully saturated rings. The summed E-state index contributed by atoms with van der Waals surface area (Å²) in [5, 5.41) is 20.2. The fourth-order valence-corrected chi connectivity index (χ4v) is 3.08. The smallest absolute Gasteiger partial charge is 0.241 e. The van der Waals surface area contributed by atoms with Gasteiger partial charge < -0.3 is 14.9 Å². The van der Waals surface area contributed by atoms with E-state index in [9.17, 15) is 5.21 Å². The number of aryl methyl sites for hydroxylation is 2. The normalized spacial score (nSPS) is 15.9. The van der Waals surface area contributed by atoms with Crippen LogP contribution in [0.4, 0.5) is 0 Å². The third-order valence-electron chi connectivity index (χ3n) is 4.73. The molecule has 0 spiro atoms. The van der Waals surface area contributed by atoms with Gasteiger partial charge in [0.25, 0.3) is 0 Å². The van der Waals surface area contributed by atoms with E-state index in [-0.39, 0.29) is 5.41 Å². The number of pyridine rings is 2. The molecule has 2 heterocycles. The zero-order chi connectivity index (χ0) is 20.9. The van der Waals surface area contributed by atoms with Crippen molar-refractivity contribution < 1.29 is 14.4 Å². The Labute approximate surface area is 171 Å². The van der Waals surface area contributed by atoms with Crippen molar-refractivity contribution >= 4 is 11.4 Å². The van der Waals surface area contributed by atoms with Crippen LogP contribution in [-0.4, -0.2) is 29.6 Å². The Balaban J connectivity index is 1.56. The third kappa shape index (κ3) is 5.53. The van der Waals surface area contributed by atoms with E-state index in [0.29, 0.717) is 24.6 Å². The van der Waals surface area contributed by atoms with Crippen LogP contribution in [0.2, 0.25) is 0 Å². The minimum absolute atomic E-state index is 0.296. The van der Waals surface area contributed by atoms with Gasteiger partial charge in [0.2, 0.25) is 5.69 Å². The lowest BCUT2D eigenvalue weighted by atomic mass is 9.94. The van der Waals surface area contributed by atoms with Gasteiger partial charge in [-0.15, -0.1) is 0 Å². The summed E-state index contributed by atoms with van der Waals surface area (Å²) in [6, 6.07) is 9.34. The highest BCUT2D eigenvalue weighted by Gasteiger charge is 2.22. The maximum absolute atomic E-state index is 11.8. The molecule has 0 saturated heterocycles. The van der Waals surface area contributed by atoms with Gasteiger partial charge in [-0.25, -0.2) is 0 Å². The number of fused-ring (bicyclic) bond motifs is 1. The zero-order valence-corrected chi connectivity index (χ0v) is 17.5. The van der Waals surface area contributed by atoms with Crippen molar-refractivity contribution in [1.29, 1.82) is 0 Å². The lowest BCUT2D eigenvalue weighted by Crippen LogP contribution is -2.33. The second-order valence-electron chi connectivity index (χ2n) is 8.15. The van der Waals surface area contributed by atoms with Crippen LogP contribution in [0.25, 0.3) is 0 Å². The average molecular weight is 396 g/mol. The molecule has 0 bridgehead atoms. The lowest BCUT2D eigenvalue weighted by Gasteiger charge is -2.22. The third-order valence-corrected chi connectivity index (χ3v) is 4.73. The summed E-state index contributed by atoms with van der Waals surface area (Å²) in [5.74, 6) is 0. The molecule has 2 aromatic heterocycles. The van der Waals surface area contributed by atoms with Crippen molar-refractivity contribution in [3.8, 4) is 0 Å². The summed E-state index contributed by atoms with van der Waals surface area (Å²) < 4.78 is 0.768. The first kappa shape index (κ1) is 20.8. The Bertz CT molecular complexity index is 922. The van der Waals surface area contributed by atoms with E-state index in [2.05, 4.69) is 21.4 Å². The monoisotopic (exact) mass is 396 g/mol. The predicted octanol–water partition coefficient (Wildman–Crippen LogP) is 3.55. The van der Waals surface area contributed by atoms with Crippen molar-refractivity contribution in [2.45, 2.75) is 47.0 Å². The van der Waals surface area contributed by atoms with Gasteiger partial charge in [-0.05, 0) is 50.8 Å². The van der Waals surface area contributed by atoms with Gasteiger partial charge in [0, 0.05) is 23.2 Å². The van der Waals surface area contributed by atoms with E-state index in [1.807, 2.05) is 26.8 Å². The zero-order valence-electron chi connectivity index (χ0n) is 17.5. The highest BCUT2D eigenvalue weighted by Crippen LogP contribution is 2.22. The molecule has 7 nitrogen and oxygen atoms in total. The molecule has 29 heavy (non-hydrogen) atoms. The first-order valence-electron chi connectivity index (χ1n) is 9.86. The van der Waals surface area contributed by atoms with Crippen molar-refractivity contribution in [1.82, 2.24) is 4.98 Å². The Morgan fingerprint density at radius 3 is 2.76 bits per heavy atom. The molecule has 0 aromatic carbocycles. The summed E-state index contributed by atoms with van der Waals surface area (Å²) in [5.41, 5.74) is 4.77. The van der Waals surface area contributed by atoms with Gasteiger partial charge in [0.15, 0.2) is 6.20 Å². The molecule has 0 atom stereocenters. The summed E-state index contributed by atoms with van der Waals surface area (Å²) in [7, 11) is 0. The largest absolute Gasteiger partial charge is 0.618 e. The van der Waals surface area contributed by atoms with Crippen LogP contribution in [0.1, 0.15) is 56.3 Å². The molecule has 7 heteroatoms. The molecular weight excluding hydrogens is 368 g/mol. The van der Waals surface area contributed by atoms with Crippen LogP contribution in [0.3, 0.4) is 0 Å². The van der Waals surface area contributed by atoms with E-state index in [4.69, 9.17) is 9.68 Å². The van der Waals surface area contributed by atoms with Gasteiger partial charge in [-0.1, -0.05) is 30.2 Å². The average Bonchev–Trinajstić information content (AvgIpc) is 2.68. The van der Waals surface area contributed by atoms with E-state index in [0.717, 1.165) is 41.1 Å². The Morgan fingerprint density at radius 1 is 1.17 bits per heavy atom. The standard InChI is InChI=1S/C22H28N4O3/c1-16-11-12-18-8-7-9-19(21(18)23-16)25-29-15-22(3,4)14-28-24-17(2)20-10-5-6-13-26(20)27/h5-6,10-13H,7-9,14-15H2,1-4H3. The molecular formula is C22H28N4O3. The van der Waals surface area contributed by atoms with Crippen LogP contribution >= 0.6 is 0 Å². The van der Waals surface area contributed by atoms with Gasteiger partial charge in [-0.3, -0.25) is 4.98 Å². The number of hydrogen-bond donors (Lipinski definition) is 0. The molecule has 0 aliphatic heterocycles. The molecule has 154 valence electrons. The van der Waals surface area contributed by atoms with Gasteiger partial charge >= 0.3 is 0 Å². The van der Waals surface area contributed by atoms with Crippen LogP contribution in [-0.2, 0) is 16.1 Å². The van der Waals surface area contributed by atoms with Crippen molar-refractivity contribution in [2.24, 2.45) is 15.7 Å². The van der Waals surface area contributed by atoms with Crippen molar-refractivity contribution in [3.63, 3.8) is 0 Å². The predicted molar refractivity (Wildman–Crippen MR) is 112 cm³/mol. The fraction of sp³-hybridized carbons (Fsp3) is 0.455. The summed E-state index contributed by atoms with van der Waals surface area (Å²) >= 11 is 0. The SMILES string of the molecule is CC(=NOCC(C)(C)CON=C1CCCc2ccc(C)nc21)c1cccc[n+]1[O-]. The molecule has 1 aliphatic carbocycles. The molecule has 0 amide bonds. The van der Waals surface area contributed by atoms with E-state index in [1.54, 1.807) is 25.1 Å². The molecule has 1 aliphatic rings. The second-order valence-corrected chi connectivity index (χ2v) is 8.15. The first-order chi connectivity index (χ1) is 13.9. The number of nitrogens with zero attached hydrogens (tertiary/aromatic N) is 4. The van der Waals surface area contributed by atoms with E-state index >= 15 is 0 Å². The minimum atomic E-state index is -0.296. The summed E-state index contributed by atoms with van der Waals surface area (Å²) in [6.07, 6.45) is 4.39. The summed E-state index contributed by atoms with van der Waals surface area (Å²) in [6.45, 7) is 8.50. The van der Waals surface area contributed by atoms with Gasteiger partial charge in [0.05, 0.1) is 5.69 Å². The maximum Gasteiger partial charge on any atom is 0.241 e. The number of hydrogen-bond acceptors (Lipinski definition) is 6. The van der Waals surface area contributed by atoms with Gasteiger partial charge in [0.1, 0.15) is 24.6 Å². The first-order valence-corrected chi connectivity index (χ1v) is 9.86. The van der Waals surface area contributed by atoms with Crippen LogP contribution < -0.4 is 4.73 Å². The number of rotatable bonds is 7. The van der Waals surface area contributed by atoms with Gasteiger partial charge in [-0.2, -0.15) is 4.73 Å². The van der Waals surface area contributed by atoms with Crippen molar-refractivity contribution in [2.75, 3.05) is 13.2 Å². The van der Waals surface area contributed by atoms with Crippen LogP contribution in [0.5, 0.6) is 0 Å². The van der Waals surface area contributed by atoms with Crippen LogP contribution in [0.15, 0.2) is 46.8 Å². The lowest BCUT2D eigenvalue weighted by molar-refractivity contribution is -0.606. The second kappa shape index (κ2) is 9.03. The quantitative estimate of drug-likeness (QED) is 0.310. The topological polar surface area (TPSA) is 83.0 Å². The molecule has 0 unspecified atom stereocenters. The van der Waals surface area contributed by atoms with E-state index in [1.165, 1.54) is 11.8 Å². The maximum atomic E-state index is 11.8.